The van der Waals surface area contributed by atoms with Gasteiger partial charge in [-0.05, 0) is 66.9 Å². The highest BCUT2D eigenvalue weighted by Crippen LogP contribution is 2.31. The van der Waals surface area contributed by atoms with Crippen LogP contribution in [-0.4, -0.2) is 23.9 Å². The van der Waals surface area contributed by atoms with Crippen LogP contribution in [0.15, 0.2) is 48.8 Å². The van der Waals surface area contributed by atoms with Gasteiger partial charge < -0.3 is 4.90 Å². The maximum Gasteiger partial charge on any atom is 0.416 e. The maximum absolute atomic E-state index is 12.7. The Morgan fingerprint density at radius 3 is 2.43 bits per heavy atom. The molecule has 2 aromatic rings. The van der Waals surface area contributed by atoms with E-state index in [9.17, 15) is 18.0 Å². The summed E-state index contributed by atoms with van der Waals surface area (Å²) in [5, 5.41) is 2.09. The zero-order valence-corrected chi connectivity index (χ0v) is 19.1. The third-order valence-corrected chi connectivity index (χ3v) is 6.25. The van der Waals surface area contributed by atoms with Crippen LogP contribution in [0.3, 0.4) is 0 Å². The second-order valence-corrected chi connectivity index (χ2v) is 9.15. The number of halogens is 4. The van der Waals surface area contributed by atoms with Gasteiger partial charge in [0.1, 0.15) is 0 Å². The van der Waals surface area contributed by atoms with Gasteiger partial charge in [0.2, 0.25) is 0 Å². The molecule has 0 N–H and O–H groups in total. The molecule has 1 aliphatic heterocycles. The molecule has 1 amide bonds. The van der Waals surface area contributed by atoms with E-state index in [2.05, 4.69) is 13.5 Å². The average Bonchev–Trinajstić information content (AvgIpc) is 3.11. The summed E-state index contributed by atoms with van der Waals surface area (Å²) in [6.07, 6.45) is -3.51. The standard InChI is InChI=1S/C14H16F3NO.C9H10ClP/c1-9-5-6-18(8-9)13(19)12-7-11(14(15,16)17)4-3-10(12)2;1-3-11-9-6-8(10)5-4-7(9)2/h3-4,7,9H,5-6,8H2,1-2H3;3-6,11H,1H2,2H3. The number of nitrogens with zero attached hydrogens (tertiary/aromatic N) is 1. The van der Waals surface area contributed by atoms with Crippen LogP contribution in [0.25, 0.3) is 0 Å². The van der Waals surface area contributed by atoms with E-state index in [0.29, 0.717) is 33.2 Å². The molecule has 0 aliphatic carbocycles. The fourth-order valence-electron chi connectivity index (χ4n) is 3.18. The quantitative estimate of drug-likeness (QED) is 0.478. The Kier molecular flexibility index (Phi) is 8.52. The van der Waals surface area contributed by atoms with Crippen LogP contribution in [0.4, 0.5) is 13.2 Å². The van der Waals surface area contributed by atoms with Gasteiger partial charge in [0.05, 0.1) is 5.56 Å². The second-order valence-electron chi connectivity index (χ2n) is 7.48. The van der Waals surface area contributed by atoms with E-state index in [-0.39, 0.29) is 11.5 Å². The summed E-state index contributed by atoms with van der Waals surface area (Å²) < 4.78 is 38.0. The molecule has 30 heavy (non-hydrogen) atoms. The molecule has 0 spiro atoms. The number of aryl methyl sites for hydroxylation is 2. The van der Waals surface area contributed by atoms with E-state index in [4.69, 9.17) is 11.6 Å². The lowest BCUT2D eigenvalue weighted by Crippen LogP contribution is -2.29. The van der Waals surface area contributed by atoms with Crippen molar-refractivity contribution in [2.24, 2.45) is 5.92 Å². The number of amides is 1. The van der Waals surface area contributed by atoms with Crippen molar-refractivity contribution in [2.45, 2.75) is 33.4 Å². The Hall–Kier alpha value is -1.84. The number of benzene rings is 2. The maximum atomic E-state index is 12.7. The molecular formula is C23H26ClF3NOP. The number of rotatable bonds is 3. The predicted molar refractivity (Wildman–Crippen MR) is 120 cm³/mol. The molecule has 1 saturated heterocycles. The summed E-state index contributed by atoms with van der Waals surface area (Å²) in [6, 6.07) is 9.27. The van der Waals surface area contributed by atoms with E-state index >= 15 is 0 Å². The molecule has 2 nitrogen and oxygen atoms in total. The summed E-state index contributed by atoms with van der Waals surface area (Å²) in [6.45, 7) is 10.7. The van der Waals surface area contributed by atoms with Gasteiger partial charge in [-0.3, -0.25) is 4.79 Å². The lowest BCUT2D eigenvalue weighted by molar-refractivity contribution is -0.137. The highest BCUT2D eigenvalue weighted by molar-refractivity contribution is 7.50. The first-order valence-electron chi connectivity index (χ1n) is 9.63. The van der Waals surface area contributed by atoms with Gasteiger partial charge in [-0.15, -0.1) is 0 Å². The SMILES string of the molecule is C=CPc1cc(Cl)ccc1C.Cc1ccc(C(F)(F)F)cc1C(=O)N1CCC(C)C1. The van der Waals surface area contributed by atoms with Crippen LogP contribution in [0.2, 0.25) is 5.02 Å². The fourth-order valence-corrected chi connectivity index (χ4v) is 4.21. The summed E-state index contributed by atoms with van der Waals surface area (Å²) in [7, 11) is 0.662. The van der Waals surface area contributed by atoms with Gasteiger partial charge >= 0.3 is 6.18 Å². The normalized spacial score (nSPS) is 16.5. The highest BCUT2D eigenvalue weighted by atomic mass is 35.5. The van der Waals surface area contributed by atoms with E-state index in [1.54, 1.807) is 11.8 Å². The van der Waals surface area contributed by atoms with Gasteiger partial charge in [-0.2, -0.15) is 13.2 Å². The Morgan fingerprint density at radius 1 is 1.20 bits per heavy atom. The first-order valence-corrected chi connectivity index (χ1v) is 11.1. The molecule has 1 aliphatic rings. The molecule has 2 atom stereocenters. The van der Waals surface area contributed by atoms with E-state index < -0.39 is 11.7 Å². The molecule has 0 aromatic heterocycles. The first kappa shape index (κ1) is 24.4. The largest absolute Gasteiger partial charge is 0.416 e. The summed E-state index contributed by atoms with van der Waals surface area (Å²) in [4.78, 5) is 13.9. The zero-order chi connectivity index (χ0) is 22.5. The lowest BCUT2D eigenvalue weighted by Gasteiger charge is -2.18. The Labute approximate surface area is 182 Å². The number of hydrogen-bond donors (Lipinski definition) is 0. The van der Waals surface area contributed by atoms with E-state index in [1.807, 2.05) is 30.9 Å². The first-order chi connectivity index (χ1) is 14.0. The van der Waals surface area contributed by atoms with Gasteiger partial charge in [0.15, 0.2) is 0 Å². The van der Waals surface area contributed by atoms with Crippen LogP contribution in [-0.2, 0) is 6.18 Å². The Balaban J connectivity index is 0.000000248. The number of carbonyl (C=O) groups excluding carboxylic acids is 1. The molecule has 0 radical (unpaired) electrons. The molecule has 1 fully saturated rings. The van der Waals surface area contributed by atoms with Crippen molar-refractivity contribution < 1.29 is 18.0 Å². The summed E-state index contributed by atoms with van der Waals surface area (Å²) in [5.74, 6) is 2.03. The van der Waals surface area contributed by atoms with E-state index in [0.717, 1.165) is 23.6 Å². The molecular weight excluding hydrogens is 430 g/mol. The van der Waals surface area contributed by atoms with Gasteiger partial charge in [0, 0.05) is 23.7 Å². The molecule has 0 saturated carbocycles. The van der Waals surface area contributed by atoms with Crippen LogP contribution in [0, 0.1) is 19.8 Å². The van der Waals surface area contributed by atoms with Crippen LogP contribution >= 0.6 is 20.2 Å². The monoisotopic (exact) mass is 455 g/mol. The third kappa shape index (κ3) is 6.58. The minimum atomic E-state index is -4.42. The van der Waals surface area contributed by atoms with E-state index in [1.165, 1.54) is 16.9 Å². The molecule has 0 bridgehead atoms. The van der Waals surface area contributed by atoms with Crippen molar-refractivity contribution in [3.8, 4) is 0 Å². The Morgan fingerprint density at radius 2 is 1.87 bits per heavy atom. The minimum Gasteiger partial charge on any atom is -0.338 e. The van der Waals surface area contributed by atoms with Crippen molar-refractivity contribution in [1.29, 1.82) is 0 Å². The number of alkyl halides is 3. The molecule has 1 heterocycles. The Bertz CT molecular complexity index is 914. The van der Waals surface area contributed by atoms with Crippen molar-refractivity contribution in [3.63, 3.8) is 0 Å². The minimum absolute atomic E-state index is 0.156. The fraction of sp³-hybridized carbons (Fsp3) is 0.348. The van der Waals surface area contributed by atoms with Gasteiger partial charge in [-0.25, -0.2) is 0 Å². The topological polar surface area (TPSA) is 20.3 Å². The number of hydrogen-bond acceptors (Lipinski definition) is 1. The zero-order valence-electron chi connectivity index (χ0n) is 17.3. The van der Waals surface area contributed by atoms with Crippen LogP contribution in [0.5, 0.6) is 0 Å². The molecule has 2 unspecified atom stereocenters. The smallest absolute Gasteiger partial charge is 0.338 e. The van der Waals surface area contributed by atoms with Gasteiger partial charge in [-0.1, -0.05) is 51.6 Å². The van der Waals surface area contributed by atoms with Crippen molar-refractivity contribution in [1.82, 2.24) is 4.90 Å². The van der Waals surface area contributed by atoms with Crippen LogP contribution < -0.4 is 5.30 Å². The van der Waals surface area contributed by atoms with Crippen molar-refractivity contribution in [2.75, 3.05) is 13.1 Å². The van der Waals surface area contributed by atoms with Gasteiger partial charge in [0.25, 0.3) is 5.91 Å². The third-order valence-electron chi connectivity index (χ3n) is 4.96. The highest BCUT2D eigenvalue weighted by Gasteiger charge is 2.32. The molecule has 162 valence electrons. The predicted octanol–water partition coefficient (Wildman–Crippen LogP) is 6.59. The molecule has 2 aromatic carbocycles. The second kappa shape index (κ2) is 10.5. The lowest BCUT2D eigenvalue weighted by atomic mass is 10.0. The molecule has 7 heteroatoms. The number of likely N-dealkylation sites (tertiary alicyclic amines) is 1. The number of carbonyl (C=O) groups is 1. The molecule has 3 rings (SSSR count). The van der Waals surface area contributed by atoms with Crippen molar-refractivity contribution in [3.05, 3.63) is 76.1 Å². The van der Waals surface area contributed by atoms with Crippen LogP contribution in [0.1, 0.15) is 40.4 Å². The summed E-state index contributed by atoms with van der Waals surface area (Å²) in [5.41, 5.74) is 1.25. The summed E-state index contributed by atoms with van der Waals surface area (Å²) >= 11 is 5.82. The van der Waals surface area contributed by atoms with Crippen molar-refractivity contribution >= 4 is 31.4 Å². The average molecular weight is 456 g/mol.